The molecule has 0 radical (unpaired) electrons. The van der Waals surface area contributed by atoms with Crippen LogP contribution in [0.5, 0.6) is 0 Å². The fraction of sp³-hybridized carbons (Fsp3) is 0.647. The number of halogens is 2. The molecule has 0 bridgehead atoms. The Morgan fingerprint density at radius 3 is 2.33 bits per heavy atom. The van der Waals surface area contributed by atoms with Crippen LogP contribution in [-0.2, 0) is 6.42 Å². The molecule has 1 aliphatic rings. The molecule has 0 heterocycles. The maximum Gasteiger partial charge on any atom is 0.149 e. The predicted octanol–water partition coefficient (Wildman–Crippen LogP) is 3.87. The number of benzene rings is 1. The molecule has 1 atom stereocenters. The van der Waals surface area contributed by atoms with Gasteiger partial charge in [-0.05, 0) is 55.7 Å². The molecule has 0 spiro atoms. The van der Waals surface area contributed by atoms with Crippen molar-refractivity contribution in [2.75, 3.05) is 18.0 Å². The zero-order valence-corrected chi connectivity index (χ0v) is 13.0. The van der Waals surface area contributed by atoms with Crippen LogP contribution in [0.3, 0.4) is 0 Å². The molecule has 0 aliphatic heterocycles. The molecular weight excluding hydrogens is 270 g/mol. The third kappa shape index (κ3) is 4.40. The second kappa shape index (κ2) is 7.21. The highest BCUT2D eigenvalue weighted by Gasteiger charge is 2.27. The van der Waals surface area contributed by atoms with E-state index in [1.54, 1.807) is 0 Å². The largest absolute Gasteiger partial charge is 0.367 e. The molecule has 2 rings (SSSR count). The SMILES string of the molecule is CCCN(CC1CC1)c1c(F)cc(CC(N)CC)cc1F. The molecule has 1 saturated carbocycles. The zero-order chi connectivity index (χ0) is 15.4. The van der Waals surface area contributed by atoms with Crippen LogP contribution in [0.15, 0.2) is 12.1 Å². The summed E-state index contributed by atoms with van der Waals surface area (Å²) in [7, 11) is 0. The molecule has 2 nitrogen and oxygen atoms in total. The van der Waals surface area contributed by atoms with Crippen molar-refractivity contribution in [3.8, 4) is 0 Å². The Morgan fingerprint density at radius 2 is 1.86 bits per heavy atom. The van der Waals surface area contributed by atoms with Crippen molar-refractivity contribution in [2.45, 2.75) is 52.0 Å². The van der Waals surface area contributed by atoms with Gasteiger partial charge in [0.1, 0.15) is 17.3 Å². The lowest BCUT2D eigenvalue weighted by atomic mass is 10.0. The lowest BCUT2D eigenvalue weighted by Gasteiger charge is -2.26. The summed E-state index contributed by atoms with van der Waals surface area (Å²) in [6, 6.07) is 2.85. The van der Waals surface area contributed by atoms with Gasteiger partial charge in [0.25, 0.3) is 0 Å². The first kappa shape index (κ1) is 16.2. The molecule has 4 heteroatoms. The summed E-state index contributed by atoms with van der Waals surface area (Å²) in [6.07, 6.45) is 4.55. The minimum absolute atomic E-state index is 0.0483. The van der Waals surface area contributed by atoms with E-state index in [1.165, 1.54) is 25.0 Å². The van der Waals surface area contributed by atoms with Gasteiger partial charge >= 0.3 is 0 Å². The van der Waals surface area contributed by atoms with E-state index in [2.05, 4.69) is 0 Å². The van der Waals surface area contributed by atoms with Crippen LogP contribution in [-0.4, -0.2) is 19.1 Å². The average molecular weight is 296 g/mol. The maximum absolute atomic E-state index is 14.4. The lowest BCUT2D eigenvalue weighted by Crippen LogP contribution is -2.29. The highest BCUT2D eigenvalue weighted by Crippen LogP contribution is 2.33. The molecule has 1 unspecified atom stereocenters. The number of anilines is 1. The van der Waals surface area contributed by atoms with Crippen molar-refractivity contribution in [1.82, 2.24) is 0 Å². The number of nitrogens with two attached hydrogens (primary N) is 1. The van der Waals surface area contributed by atoms with Crippen LogP contribution in [0.25, 0.3) is 0 Å². The minimum atomic E-state index is -0.456. The second-order valence-corrected chi connectivity index (χ2v) is 6.17. The standard InChI is InChI=1S/C17H26F2N2/c1-3-7-21(11-12-5-6-12)17-15(18)9-13(10-16(17)19)8-14(20)4-2/h9-10,12,14H,3-8,11,20H2,1-2H3. The van der Waals surface area contributed by atoms with Crippen molar-refractivity contribution in [3.63, 3.8) is 0 Å². The van der Waals surface area contributed by atoms with Gasteiger partial charge in [0.15, 0.2) is 0 Å². The molecule has 1 fully saturated rings. The average Bonchev–Trinajstić information content (AvgIpc) is 3.22. The first-order valence-corrected chi connectivity index (χ1v) is 8.03. The summed E-state index contributed by atoms with van der Waals surface area (Å²) in [4.78, 5) is 1.87. The molecule has 1 aromatic rings. The predicted molar refractivity (Wildman–Crippen MR) is 83.6 cm³/mol. The minimum Gasteiger partial charge on any atom is -0.367 e. The van der Waals surface area contributed by atoms with Crippen LogP contribution in [0, 0.1) is 17.6 Å². The Labute approximate surface area is 126 Å². The highest BCUT2D eigenvalue weighted by atomic mass is 19.1. The van der Waals surface area contributed by atoms with Gasteiger partial charge in [-0.1, -0.05) is 13.8 Å². The summed E-state index contributed by atoms with van der Waals surface area (Å²) in [5, 5.41) is 0. The molecule has 21 heavy (non-hydrogen) atoms. The van der Waals surface area contributed by atoms with E-state index in [0.717, 1.165) is 19.4 Å². The Balaban J connectivity index is 2.21. The van der Waals surface area contributed by atoms with Crippen molar-refractivity contribution in [1.29, 1.82) is 0 Å². The Bertz CT molecular complexity index is 449. The van der Waals surface area contributed by atoms with Gasteiger partial charge in [0, 0.05) is 19.1 Å². The van der Waals surface area contributed by atoms with Crippen LogP contribution in [0.4, 0.5) is 14.5 Å². The van der Waals surface area contributed by atoms with Crippen LogP contribution in [0.2, 0.25) is 0 Å². The number of nitrogens with zero attached hydrogens (tertiary/aromatic N) is 1. The highest BCUT2D eigenvalue weighted by molar-refractivity contribution is 5.51. The topological polar surface area (TPSA) is 29.3 Å². The Hall–Kier alpha value is -1.16. The van der Waals surface area contributed by atoms with Gasteiger partial charge in [-0.2, -0.15) is 0 Å². The molecule has 2 N–H and O–H groups in total. The molecule has 0 amide bonds. The van der Waals surface area contributed by atoms with Gasteiger partial charge in [-0.25, -0.2) is 8.78 Å². The summed E-state index contributed by atoms with van der Waals surface area (Å²) < 4.78 is 28.8. The Kier molecular flexibility index (Phi) is 5.57. The number of hydrogen-bond donors (Lipinski definition) is 1. The summed E-state index contributed by atoms with van der Waals surface area (Å²) >= 11 is 0. The van der Waals surface area contributed by atoms with E-state index in [4.69, 9.17) is 5.73 Å². The zero-order valence-electron chi connectivity index (χ0n) is 13.0. The fourth-order valence-corrected chi connectivity index (χ4v) is 2.66. The summed E-state index contributed by atoms with van der Waals surface area (Å²) in [5.41, 5.74) is 6.65. The molecule has 0 aromatic heterocycles. The third-order valence-electron chi connectivity index (χ3n) is 4.08. The Morgan fingerprint density at radius 1 is 1.24 bits per heavy atom. The molecule has 1 aliphatic carbocycles. The summed E-state index contributed by atoms with van der Waals surface area (Å²) in [6.45, 7) is 5.46. The van der Waals surface area contributed by atoms with E-state index in [1.807, 2.05) is 18.7 Å². The molecule has 118 valence electrons. The number of rotatable bonds is 8. The smallest absolute Gasteiger partial charge is 0.149 e. The van der Waals surface area contributed by atoms with Crippen molar-refractivity contribution in [2.24, 2.45) is 11.7 Å². The normalized spacial score (nSPS) is 16.0. The first-order valence-electron chi connectivity index (χ1n) is 8.03. The number of hydrogen-bond acceptors (Lipinski definition) is 2. The van der Waals surface area contributed by atoms with Gasteiger partial charge in [-0.15, -0.1) is 0 Å². The van der Waals surface area contributed by atoms with E-state index < -0.39 is 11.6 Å². The second-order valence-electron chi connectivity index (χ2n) is 6.17. The van der Waals surface area contributed by atoms with Gasteiger partial charge in [0.05, 0.1) is 0 Å². The maximum atomic E-state index is 14.4. The van der Waals surface area contributed by atoms with E-state index in [-0.39, 0.29) is 11.7 Å². The van der Waals surface area contributed by atoms with Crippen molar-refractivity contribution >= 4 is 5.69 Å². The monoisotopic (exact) mass is 296 g/mol. The molecular formula is C17H26F2N2. The van der Waals surface area contributed by atoms with Crippen LogP contribution >= 0.6 is 0 Å². The summed E-state index contributed by atoms with van der Waals surface area (Å²) in [5.74, 6) is -0.312. The molecule has 0 saturated heterocycles. The van der Waals surface area contributed by atoms with Crippen molar-refractivity contribution in [3.05, 3.63) is 29.3 Å². The van der Waals surface area contributed by atoms with E-state index in [9.17, 15) is 8.78 Å². The fourth-order valence-electron chi connectivity index (χ4n) is 2.66. The van der Waals surface area contributed by atoms with Gasteiger partial charge in [-0.3, -0.25) is 0 Å². The first-order chi connectivity index (χ1) is 10.0. The third-order valence-corrected chi connectivity index (χ3v) is 4.08. The van der Waals surface area contributed by atoms with E-state index in [0.29, 0.717) is 24.4 Å². The van der Waals surface area contributed by atoms with Crippen LogP contribution in [0.1, 0.15) is 45.1 Å². The van der Waals surface area contributed by atoms with E-state index >= 15 is 0 Å². The lowest BCUT2D eigenvalue weighted by molar-refractivity contribution is 0.556. The quantitative estimate of drug-likeness (QED) is 0.789. The van der Waals surface area contributed by atoms with Crippen molar-refractivity contribution < 1.29 is 8.78 Å². The van der Waals surface area contributed by atoms with Gasteiger partial charge < -0.3 is 10.6 Å². The molecule has 1 aromatic carbocycles. The van der Waals surface area contributed by atoms with Gasteiger partial charge in [0.2, 0.25) is 0 Å². The van der Waals surface area contributed by atoms with Crippen LogP contribution < -0.4 is 10.6 Å².